The predicted molar refractivity (Wildman–Crippen MR) is 137 cm³/mol. The molecular formula is C26H24N4O4S. The SMILES string of the molecule is Cc1ccc(NC(=O)CC2C(=O)N(c3ccccc3)C(=S)N2NC(=O)COc2ccccc2)cc1. The third-order valence-electron chi connectivity index (χ3n) is 5.30. The summed E-state index contributed by atoms with van der Waals surface area (Å²) in [6.45, 7) is 1.66. The van der Waals surface area contributed by atoms with Crippen LogP contribution in [0, 0.1) is 6.92 Å². The Morgan fingerprint density at radius 3 is 2.20 bits per heavy atom. The van der Waals surface area contributed by atoms with Crippen molar-refractivity contribution in [3.63, 3.8) is 0 Å². The minimum Gasteiger partial charge on any atom is -0.484 e. The van der Waals surface area contributed by atoms with Crippen LogP contribution < -0.4 is 20.4 Å². The van der Waals surface area contributed by atoms with Crippen LogP contribution in [0.25, 0.3) is 0 Å². The summed E-state index contributed by atoms with van der Waals surface area (Å²) in [5, 5.41) is 4.12. The summed E-state index contributed by atoms with van der Waals surface area (Å²) < 4.78 is 5.50. The first kappa shape index (κ1) is 23.9. The maximum Gasteiger partial charge on any atom is 0.276 e. The number of hydrogen-bond acceptors (Lipinski definition) is 5. The highest BCUT2D eigenvalue weighted by molar-refractivity contribution is 7.80. The molecule has 1 unspecified atom stereocenters. The molecule has 1 atom stereocenters. The minimum atomic E-state index is -1.02. The predicted octanol–water partition coefficient (Wildman–Crippen LogP) is 3.44. The van der Waals surface area contributed by atoms with E-state index in [0.29, 0.717) is 17.1 Å². The third kappa shape index (κ3) is 5.82. The van der Waals surface area contributed by atoms with E-state index < -0.39 is 17.9 Å². The second kappa shape index (κ2) is 10.8. The molecule has 1 saturated heterocycles. The number of carbonyl (C=O) groups is 3. The lowest BCUT2D eigenvalue weighted by molar-refractivity contribution is -0.130. The van der Waals surface area contributed by atoms with Gasteiger partial charge in [-0.2, -0.15) is 0 Å². The molecule has 9 heteroatoms. The molecule has 4 rings (SSSR count). The standard InChI is InChI=1S/C26H24N4O4S/c1-18-12-14-19(15-13-18)27-23(31)16-22-25(33)29(20-8-4-2-5-9-20)26(35)30(22)28-24(32)17-34-21-10-6-3-7-11-21/h2-15,22H,16-17H2,1H3,(H,27,31)(H,28,32). The van der Waals surface area contributed by atoms with E-state index in [2.05, 4.69) is 10.7 Å². The summed E-state index contributed by atoms with van der Waals surface area (Å²) in [5.41, 5.74) is 4.86. The molecule has 1 fully saturated rings. The Kier molecular flexibility index (Phi) is 7.37. The van der Waals surface area contributed by atoms with Crippen molar-refractivity contribution in [1.82, 2.24) is 10.4 Å². The largest absolute Gasteiger partial charge is 0.484 e. The summed E-state index contributed by atoms with van der Waals surface area (Å²) in [5.74, 6) is -0.778. The lowest BCUT2D eigenvalue weighted by Gasteiger charge is -2.24. The fourth-order valence-electron chi connectivity index (χ4n) is 3.57. The van der Waals surface area contributed by atoms with Crippen molar-refractivity contribution >= 4 is 46.4 Å². The average Bonchev–Trinajstić information content (AvgIpc) is 3.09. The van der Waals surface area contributed by atoms with Gasteiger partial charge < -0.3 is 10.1 Å². The number of para-hydroxylation sites is 2. The Balaban J connectivity index is 1.50. The Hall–Kier alpha value is -4.24. The van der Waals surface area contributed by atoms with E-state index in [-0.39, 0.29) is 24.0 Å². The Bertz CT molecular complexity index is 1220. The summed E-state index contributed by atoms with van der Waals surface area (Å²) >= 11 is 5.53. The van der Waals surface area contributed by atoms with E-state index >= 15 is 0 Å². The quantitative estimate of drug-likeness (QED) is 0.472. The van der Waals surface area contributed by atoms with Gasteiger partial charge in [-0.05, 0) is 55.5 Å². The first-order valence-electron chi connectivity index (χ1n) is 11.0. The summed E-state index contributed by atoms with van der Waals surface area (Å²) in [6.07, 6.45) is -0.212. The molecule has 0 radical (unpaired) electrons. The van der Waals surface area contributed by atoms with Gasteiger partial charge in [0.25, 0.3) is 11.8 Å². The molecule has 3 amide bonds. The summed E-state index contributed by atoms with van der Waals surface area (Å²) in [6, 6.07) is 24.0. The topological polar surface area (TPSA) is 91.0 Å². The van der Waals surface area contributed by atoms with Crippen molar-refractivity contribution in [2.45, 2.75) is 19.4 Å². The van der Waals surface area contributed by atoms with E-state index in [1.807, 2.05) is 31.2 Å². The van der Waals surface area contributed by atoms with Gasteiger partial charge in [-0.1, -0.05) is 54.1 Å². The zero-order valence-corrected chi connectivity index (χ0v) is 19.8. The summed E-state index contributed by atoms with van der Waals surface area (Å²) in [7, 11) is 0. The van der Waals surface area contributed by atoms with E-state index in [9.17, 15) is 14.4 Å². The first-order valence-corrected chi connectivity index (χ1v) is 11.4. The molecule has 3 aromatic rings. The minimum absolute atomic E-state index is 0.0717. The third-order valence-corrected chi connectivity index (χ3v) is 5.68. The number of carbonyl (C=O) groups excluding carboxylic acids is 3. The number of nitrogens with zero attached hydrogens (tertiary/aromatic N) is 2. The van der Waals surface area contributed by atoms with Gasteiger partial charge in [-0.15, -0.1) is 0 Å². The molecule has 0 aromatic heterocycles. The van der Waals surface area contributed by atoms with Crippen molar-refractivity contribution < 1.29 is 19.1 Å². The van der Waals surface area contributed by atoms with Gasteiger partial charge in [0.2, 0.25) is 11.0 Å². The Morgan fingerprint density at radius 2 is 1.54 bits per heavy atom. The van der Waals surface area contributed by atoms with Crippen LogP contribution in [0.15, 0.2) is 84.9 Å². The van der Waals surface area contributed by atoms with Gasteiger partial charge in [-0.25, -0.2) is 5.01 Å². The number of anilines is 2. The molecule has 0 spiro atoms. The molecule has 0 aliphatic carbocycles. The number of benzene rings is 3. The molecule has 1 aliphatic heterocycles. The number of ether oxygens (including phenoxy) is 1. The van der Waals surface area contributed by atoms with Crippen LogP contribution in [0.1, 0.15) is 12.0 Å². The van der Waals surface area contributed by atoms with Crippen LogP contribution in [0.4, 0.5) is 11.4 Å². The van der Waals surface area contributed by atoms with Crippen molar-refractivity contribution in [3.05, 3.63) is 90.5 Å². The number of thiocarbonyl (C=S) groups is 1. The molecule has 0 saturated carbocycles. The number of hydrogen-bond donors (Lipinski definition) is 2. The second-order valence-electron chi connectivity index (χ2n) is 7.93. The lowest BCUT2D eigenvalue weighted by Crippen LogP contribution is -2.51. The van der Waals surface area contributed by atoms with Gasteiger partial charge in [0.1, 0.15) is 11.8 Å². The fraction of sp³-hybridized carbons (Fsp3) is 0.154. The first-order chi connectivity index (χ1) is 16.9. The molecule has 0 bridgehead atoms. The van der Waals surface area contributed by atoms with Gasteiger partial charge >= 0.3 is 0 Å². The van der Waals surface area contributed by atoms with Gasteiger partial charge in [0.15, 0.2) is 6.61 Å². The highest BCUT2D eigenvalue weighted by Gasteiger charge is 2.45. The van der Waals surface area contributed by atoms with Crippen LogP contribution in [-0.2, 0) is 14.4 Å². The maximum absolute atomic E-state index is 13.4. The van der Waals surface area contributed by atoms with Gasteiger partial charge in [0.05, 0.1) is 12.1 Å². The Labute approximate surface area is 208 Å². The van der Waals surface area contributed by atoms with E-state index in [4.69, 9.17) is 17.0 Å². The van der Waals surface area contributed by atoms with Crippen molar-refractivity contribution in [2.24, 2.45) is 0 Å². The van der Waals surface area contributed by atoms with Crippen molar-refractivity contribution in [1.29, 1.82) is 0 Å². The van der Waals surface area contributed by atoms with Gasteiger partial charge in [-0.3, -0.25) is 24.7 Å². The second-order valence-corrected chi connectivity index (χ2v) is 8.30. The Morgan fingerprint density at radius 1 is 0.914 bits per heavy atom. The van der Waals surface area contributed by atoms with E-state index in [1.165, 1.54) is 9.91 Å². The van der Waals surface area contributed by atoms with Crippen LogP contribution in [0.3, 0.4) is 0 Å². The van der Waals surface area contributed by atoms with Gasteiger partial charge in [0, 0.05) is 5.69 Å². The molecule has 3 aromatic carbocycles. The van der Waals surface area contributed by atoms with Crippen LogP contribution in [0.5, 0.6) is 5.75 Å². The normalized spacial score (nSPS) is 15.2. The zero-order chi connectivity index (χ0) is 24.8. The van der Waals surface area contributed by atoms with Crippen LogP contribution in [-0.4, -0.2) is 40.5 Å². The van der Waals surface area contributed by atoms with Crippen molar-refractivity contribution in [3.8, 4) is 5.75 Å². The number of nitrogens with one attached hydrogen (secondary N) is 2. The molecule has 2 N–H and O–H groups in total. The smallest absolute Gasteiger partial charge is 0.276 e. The molecule has 1 aliphatic rings. The van der Waals surface area contributed by atoms with Crippen LogP contribution in [0.2, 0.25) is 0 Å². The van der Waals surface area contributed by atoms with Crippen LogP contribution >= 0.6 is 12.2 Å². The highest BCUT2D eigenvalue weighted by atomic mass is 32.1. The lowest BCUT2D eigenvalue weighted by atomic mass is 10.1. The van der Waals surface area contributed by atoms with E-state index in [1.54, 1.807) is 60.7 Å². The molecule has 8 nitrogen and oxygen atoms in total. The zero-order valence-electron chi connectivity index (χ0n) is 19.0. The number of aryl methyl sites for hydroxylation is 1. The number of hydrazine groups is 1. The number of amides is 3. The highest BCUT2D eigenvalue weighted by Crippen LogP contribution is 2.26. The number of rotatable bonds is 8. The molecule has 35 heavy (non-hydrogen) atoms. The maximum atomic E-state index is 13.4. The monoisotopic (exact) mass is 488 g/mol. The molecule has 178 valence electrons. The molecule has 1 heterocycles. The summed E-state index contributed by atoms with van der Waals surface area (Å²) in [4.78, 5) is 40.1. The van der Waals surface area contributed by atoms with E-state index in [0.717, 1.165) is 5.56 Å². The fourth-order valence-corrected chi connectivity index (χ4v) is 3.94. The molecular weight excluding hydrogens is 464 g/mol. The van der Waals surface area contributed by atoms with Crippen molar-refractivity contribution in [2.75, 3.05) is 16.8 Å². The average molecular weight is 489 g/mol.